The predicted molar refractivity (Wildman–Crippen MR) is 298 cm³/mol. The normalized spacial score (nSPS) is 24.5. The molecule has 13 N–H and O–H groups in total. The molecule has 8 amide bonds. The smallest absolute Gasteiger partial charge is 0.716 e. The second-order valence-electron chi connectivity index (χ2n) is 21.5. The van der Waals surface area contributed by atoms with Gasteiger partial charge in [-0.05, 0) is 80.3 Å². The van der Waals surface area contributed by atoms with E-state index in [4.69, 9.17) is 15.0 Å². The van der Waals surface area contributed by atoms with Crippen LogP contribution in [0, 0.1) is 5.92 Å². The van der Waals surface area contributed by atoms with Crippen molar-refractivity contribution < 1.29 is 125 Å². The summed E-state index contributed by atoms with van der Waals surface area (Å²) in [5.74, 6) is -10.7. The zero-order chi connectivity index (χ0) is 62.7. The van der Waals surface area contributed by atoms with E-state index in [9.17, 15) is 82.0 Å². The van der Waals surface area contributed by atoms with Crippen molar-refractivity contribution in [2.45, 2.75) is 139 Å². The molecule has 1 aromatic heterocycles. The molecule has 0 saturated carbocycles. The van der Waals surface area contributed by atoms with Gasteiger partial charge in [0.15, 0.2) is 17.3 Å². The molecule has 3 aromatic carbocycles. The molecule has 87 heavy (non-hydrogen) atoms. The van der Waals surface area contributed by atoms with E-state index in [1.54, 1.807) is 18.2 Å². The Morgan fingerprint density at radius 2 is 1.51 bits per heavy atom. The minimum absolute atomic E-state index is 0. The number of aliphatic hydroxyl groups is 5. The van der Waals surface area contributed by atoms with Crippen LogP contribution in [0.25, 0.3) is 22.6 Å². The maximum Gasteiger partial charge on any atom is 1.00 e. The van der Waals surface area contributed by atoms with Gasteiger partial charge in [0.05, 0.1) is 43.5 Å². The monoisotopic (exact) mass is 1240 g/mol. The summed E-state index contributed by atoms with van der Waals surface area (Å²) in [6, 6.07) is 6.34. The molecule has 0 bridgehead atoms. The number of hydrogen-bond donors (Lipinski definition) is 12. The number of β-amino-alcohol motifs (C(OH)–C–C–N with tert-alkyl or cyclic N) is 1. The van der Waals surface area contributed by atoms with Gasteiger partial charge in [-0.3, -0.25) is 38.4 Å². The van der Waals surface area contributed by atoms with Gasteiger partial charge in [0.25, 0.3) is 16.3 Å². The van der Waals surface area contributed by atoms with E-state index in [0.717, 1.165) is 59.7 Å². The molecule has 7 rings (SSSR count). The largest absolute Gasteiger partial charge is 1.00 e. The first-order valence-corrected chi connectivity index (χ1v) is 29.1. The van der Waals surface area contributed by atoms with Gasteiger partial charge in [0, 0.05) is 61.2 Å². The van der Waals surface area contributed by atoms with Gasteiger partial charge in [-0.2, -0.15) is 0 Å². The third kappa shape index (κ3) is 17.9. The topological polar surface area (TPSA) is 452 Å². The van der Waals surface area contributed by atoms with Crippen LogP contribution < -0.4 is 70.8 Å². The molecule has 29 nitrogen and oxygen atoms in total. The van der Waals surface area contributed by atoms with Crippen LogP contribution in [0.1, 0.15) is 81.6 Å². The van der Waals surface area contributed by atoms with Gasteiger partial charge in [-0.15, -0.1) is 0 Å². The Bertz CT molecular complexity index is 3230. The number of aliphatic hydroxyl groups excluding tert-OH is 5. The number of phenols is 1. The van der Waals surface area contributed by atoms with Gasteiger partial charge in [-0.1, -0.05) is 50.0 Å². The quantitative estimate of drug-likeness (QED) is 0.0192. The number of nitrogens with one attached hydrogen (secondary N) is 5. The molecule has 0 aliphatic carbocycles. The molecule has 3 aliphatic heterocycles. The summed E-state index contributed by atoms with van der Waals surface area (Å²) in [5, 5.41) is 83.3. The first-order valence-electron chi connectivity index (χ1n) is 27.8. The molecule has 4 aromatic rings. The number of rotatable bonds is 18. The Hall–Kier alpha value is -7.26. The summed E-state index contributed by atoms with van der Waals surface area (Å²) < 4.78 is 50.0. The van der Waals surface area contributed by atoms with Crippen LogP contribution in [0.15, 0.2) is 77.3 Å². The zero-order valence-corrected chi connectivity index (χ0v) is 50.9. The van der Waals surface area contributed by atoms with Gasteiger partial charge in [-0.25, -0.2) is 8.42 Å². The maximum atomic E-state index is 14.6. The maximum absolute atomic E-state index is 14.6. The Morgan fingerprint density at radius 3 is 2.16 bits per heavy atom. The second kappa shape index (κ2) is 30.6. The Labute approximate surface area is 521 Å². The Kier molecular flexibility index (Phi) is 24.2. The van der Waals surface area contributed by atoms with Gasteiger partial charge in [0.2, 0.25) is 41.4 Å². The SMILES string of the molecule is CCCCCOc1ccc(-c2cc(-c3ccc(C(=O)NC4CC(O)CNC(=O)C5C(O)C(C)CN5C(=O)C(C(O)CC(N)=O)NC(=O)C(C(O)Cc5ccc(O)c(OS(=O)(=O)[O-])c5)NC(=O)C5CCCN5C(=O)C(C(C)O)NC4=O)cc3)no2)cc1.[Na+]. The fourth-order valence-electron chi connectivity index (χ4n) is 10.3. The van der Waals surface area contributed by atoms with E-state index >= 15 is 0 Å². The Morgan fingerprint density at radius 1 is 0.851 bits per heavy atom. The predicted octanol–water partition coefficient (Wildman–Crippen LogP) is -5.02. The van der Waals surface area contributed by atoms with Crippen molar-refractivity contribution in [3.63, 3.8) is 0 Å². The van der Waals surface area contributed by atoms with Crippen LogP contribution in [0.2, 0.25) is 0 Å². The van der Waals surface area contributed by atoms with Crippen LogP contribution in [0.4, 0.5) is 0 Å². The molecule has 3 aliphatic rings. The molecule has 12 atom stereocenters. The van der Waals surface area contributed by atoms with E-state index in [1.807, 2.05) is 24.3 Å². The number of carbonyl (C=O) groups excluding carboxylic acids is 8. The van der Waals surface area contributed by atoms with Crippen LogP contribution in [-0.2, 0) is 50.4 Å². The summed E-state index contributed by atoms with van der Waals surface area (Å²) in [7, 11) is -5.46. The van der Waals surface area contributed by atoms with Crippen molar-refractivity contribution in [3.05, 3.63) is 83.9 Å². The number of benzene rings is 3. The van der Waals surface area contributed by atoms with E-state index in [-0.39, 0.29) is 60.1 Å². The number of fused-ring (bicyclic) bond motifs is 2. The summed E-state index contributed by atoms with van der Waals surface area (Å²) in [5.41, 5.74) is 6.93. The molecule has 0 radical (unpaired) electrons. The molecule has 12 unspecified atom stereocenters. The summed E-state index contributed by atoms with van der Waals surface area (Å²) in [4.78, 5) is 115. The van der Waals surface area contributed by atoms with Crippen LogP contribution >= 0.6 is 0 Å². The first kappa shape index (κ1) is 68.8. The minimum Gasteiger partial charge on any atom is -0.716 e. The number of amides is 8. The van der Waals surface area contributed by atoms with Crippen molar-refractivity contribution in [3.8, 4) is 39.8 Å². The molecule has 0 spiro atoms. The number of aromatic hydroxyl groups is 1. The van der Waals surface area contributed by atoms with Crippen LogP contribution in [-0.4, -0.2) is 199 Å². The van der Waals surface area contributed by atoms with Gasteiger partial charge >= 0.3 is 29.6 Å². The molecule has 466 valence electrons. The number of phenolic OH excluding ortho intramolecular Hbond substituents is 1. The Balaban J connectivity index is 0.0000121. The average molecular weight is 1240 g/mol. The minimum atomic E-state index is -5.46. The van der Waals surface area contributed by atoms with Crippen LogP contribution in [0.3, 0.4) is 0 Å². The van der Waals surface area contributed by atoms with Gasteiger partial charge < -0.3 is 90.8 Å². The molecule has 3 fully saturated rings. The number of aromatic nitrogens is 1. The standard InChI is InChI=1S/C56H71N9O20S.Na/c1-4-5-6-20-83-35-16-14-32(15-17-35)42-24-36(63-84-42)31-10-12-33(13-11-31)50(73)59-37-23-34(67)26-58-54(77)48-49(72)28(2)27-65(48)56(79)47(41(70)25-44(57)71)62-53(76)46(40(69)21-30-9-18-39(68)43(22-30)85-86(80,81)82)61-52(75)38-8-7-19-64(38)55(78)45(29(3)66)60-51(37)74;/h9-18,22,24,28-29,34,37-38,40-41,45-49,66-70,72H,4-8,19-21,23,25-27H2,1-3H3,(H2,57,71)(H,58,77)(H,59,73)(H,60,74)(H,61,75)(H,62,76)(H,80,81,82);/q;+1/p-1. The zero-order valence-electron chi connectivity index (χ0n) is 48.1. The van der Waals surface area contributed by atoms with Crippen LogP contribution in [0.5, 0.6) is 17.2 Å². The van der Waals surface area contributed by atoms with E-state index in [0.29, 0.717) is 29.4 Å². The summed E-state index contributed by atoms with van der Waals surface area (Å²) in [6.45, 7) is 3.98. The molecular weight excluding hydrogens is 1170 g/mol. The van der Waals surface area contributed by atoms with Crippen molar-refractivity contribution in [1.82, 2.24) is 41.5 Å². The fourth-order valence-corrected chi connectivity index (χ4v) is 10.7. The van der Waals surface area contributed by atoms with Crippen molar-refractivity contribution >= 4 is 57.7 Å². The van der Waals surface area contributed by atoms with Crippen molar-refractivity contribution in [2.24, 2.45) is 11.7 Å². The fraction of sp³-hybridized carbons (Fsp3) is 0.482. The van der Waals surface area contributed by atoms with Crippen molar-refractivity contribution in [1.29, 1.82) is 0 Å². The number of primary amides is 1. The summed E-state index contributed by atoms with van der Waals surface area (Å²) in [6.07, 6.45) is -8.75. The second-order valence-corrected chi connectivity index (χ2v) is 22.5. The molecule has 4 heterocycles. The molecule has 31 heteroatoms. The van der Waals surface area contributed by atoms with E-state index in [1.165, 1.54) is 19.1 Å². The number of ether oxygens (including phenoxy) is 1. The number of nitrogens with two attached hydrogens (primary N) is 1. The summed E-state index contributed by atoms with van der Waals surface area (Å²) >= 11 is 0. The number of hydrogen-bond acceptors (Lipinski definition) is 21. The van der Waals surface area contributed by atoms with Gasteiger partial charge in [0.1, 0.15) is 47.7 Å². The third-order valence-corrected chi connectivity index (χ3v) is 15.3. The number of unbranched alkanes of at least 4 members (excludes halogenated alkanes) is 2. The van der Waals surface area contributed by atoms with Crippen molar-refractivity contribution in [2.75, 3.05) is 26.2 Å². The first-order chi connectivity index (χ1) is 40.7. The number of carbonyl (C=O) groups is 8. The number of nitrogens with zero attached hydrogens (tertiary/aromatic N) is 3. The van der Waals surface area contributed by atoms with E-state index < -0.39 is 174 Å². The average Bonchev–Trinajstić information content (AvgIpc) is 1.95. The van der Waals surface area contributed by atoms with E-state index in [2.05, 4.69) is 42.8 Å². The molecule has 3 saturated heterocycles. The molecular formula is C56H70N9NaO20S. The third-order valence-electron chi connectivity index (χ3n) is 14.9.